The minimum Gasteiger partial charge on any atom is -0.458 e. The molecule has 2 aliphatic rings. The lowest BCUT2D eigenvalue weighted by Gasteiger charge is -2.52. The summed E-state index contributed by atoms with van der Waals surface area (Å²) in [5, 5.41) is 11.2. The van der Waals surface area contributed by atoms with Crippen molar-refractivity contribution in [3.63, 3.8) is 0 Å². The molecule has 0 saturated carbocycles. The van der Waals surface area contributed by atoms with Gasteiger partial charge in [0.25, 0.3) is 0 Å². The van der Waals surface area contributed by atoms with Crippen molar-refractivity contribution in [1.29, 1.82) is 0 Å². The lowest BCUT2D eigenvalue weighted by atomic mass is 9.83. The molecule has 10 heteroatoms. The monoisotopic (exact) mass is 629 g/mol. The Morgan fingerprint density at radius 2 is 1.62 bits per heavy atom. The second kappa shape index (κ2) is 14.2. The van der Waals surface area contributed by atoms with E-state index in [0.29, 0.717) is 19.4 Å². The van der Waals surface area contributed by atoms with Gasteiger partial charge in [0, 0.05) is 26.4 Å². The van der Waals surface area contributed by atoms with Gasteiger partial charge < -0.3 is 33.9 Å². The summed E-state index contributed by atoms with van der Waals surface area (Å²) in [4.78, 5) is 12.1. The summed E-state index contributed by atoms with van der Waals surface area (Å²) in [6, 6.07) is -0.612. The van der Waals surface area contributed by atoms with Crippen molar-refractivity contribution >= 4 is 22.6 Å². The molecule has 8 nitrogen and oxygen atoms in total. The lowest BCUT2D eigenvalue weighted by molar-refractivity contribution is -0.256. The summed E-state index contributed by atoms with van der Waals surface area (Å²) in [5.41, 5.74) is 7.58. The van der Waals surface area contributed by atoms with Crippen LogP contribution in [0.4, 0.5) is 0 Å². The summed E-state index contributed by atoms with van der Waals surface area (Å²) in [5.74, 6) is -0.279. The molecule has 0 aromatic carbocycles. The molecule has 0 radical (unpaired) electrons. The van der Waals surface area contributed by atoms with Crippen LogP contribution in [0.2, 0.25) is 36.3 Å². The second-order valence-electron chi connectivity index (χ2n) is 15.7. The van der Waals surface area contributed by atoms with Crippen molar-refractivity contribution in [3.8, 4) is 0 Å². The number of ether oxygens (including phenoxy) is 3. The summed E-state index contributed by atoms with van der Waals surface area (Å²) in [6.45, 7) is 32.6. The lowest BCUT2D eigenvalue weighted by Crippen LogP contribution is -2.68. The number of nitrogens with two attached hydrogens (primary N) is 1. The zero-order chi connectivity index (χ0) is 32.4. The summed E-state index contributed by atoms with van der Waals surface area (Å²) in [7, 11) is -4.08. The van der Waals surface area contributed by atoms with Crippen LogP contribution < -0.4 is 5.73 Å². The number of carbonyl (C=O) groups excluding carboxylic acids is 1. The molecule has 0 aliphatic carbocycles. The molecule has 0 spiro atoms. The minimum absolute atomic E-state index is 0.0270. The predicted molar refractivity (Wildman–Crippen MR) is 175 cm³/mol. The molecule has 0 aromatic heterocycles. The number of hydrogen-bond donors (Lipinski definition) is 2. The van der Waals surface area contributed by atoms with Crippen LogP contribution in [-0.2, 0) is 27.9 Å². The maximum Gasteiger partial charge on any atom is 0.303 e. The van der Waals surface area contributed by atoms with Crippen LogP contribution in [0.1, 0.15) is 88.0 Å². The Balaban J connectivity index is 2.34. The van der Waals surface area contributed by atoms with E-state index in [-0.39, 0.29) is 40.7 Å². The van der Waals surface area contributed by atoms with Gasteiger partial charge in [0.05, 0.1) is 36.6 Å². The molecule has 246 valence electrons. The molecule has 2 heterocycles. The number of hydrogen-bond acceptors (Lipinski definition) is 8. The van der Waals surface area contributed by atoms with E-state index < -0.39 is 53.1 Å². The smallest absolute Gasteiger partial charge is 0.303 e. The standard InChI is InChI=1S/C32H63NO7Si2/c1-15-20(2)21(3)23(35)18-26-29(37-22(4)34)28(33)30-27(38-26)19-25(40-42(13,14)32(8,9)10)24(39-30)16-17-36-41(11,12)31(5,6)7/h20,23-30,35H,3,15-19,33H2,1-2,4-14H3/t20-,23?,24?,25?,26+,27+,28-,29?,30-/m1/s1. The van der Waals surface area contributed by atoms with Crippen LogP contribution in [-0.4, -0.2) is 83.1 Å². The number of aliphatic hydroxyl groups is 1. The first kappa shape index (κ1) is 37.6. The fraction of sp³-hybridized carbons (Fsp3) is 0.906. The number of rotatable bonds is 12. The summed E-state index contributed by atoms with van der Waals surface area (Å²) < 4.78 is 32.6. The number of aliphatic hydroxyl groups excluding tert-OH is 1. The Labute approximate surface area is 258 Å². The Kier molecular flexibility index (Phi) is 12.7. The molecule has 42 heavy (non-hydrogen) atoms. The highest BCUT2D eigenvalue weighted by atomic mass is 28.4. The first-order valence-electron chi connectivity index (χ1n) is 15.9. The molecule has 2 saturated heterocycles. The van der Waals surface area contributed by atoms with Crippen LogP contribution in [0.3, 0.4) is 0 Å². The fourth-order valence-electron chi connectivity index (χ4n) is 5.18. The third kappa shape index (κ3) is 9.22. The van der Waals surface area contributed by atoms with E-state index in [1.165, 1.54) is 6.92 Å². The topological polar surface area (TPSA) is 109 Å². The summed E-state index contributed by atoms with van der Waals surface area (Å²) in [6.07, 6.45) is -0.963. The van der Waals surface area contributed by atoms with E-state index in [1.54, 1.807) is 0 Å². The van der Waals surface area contributed by atoms with Gasteiger partial charge in [-0.1, -0.05) is 62.0 Å². The maximum atomic E-state index is 12.1. The van der Waals surface area contributed by atoms with Crippen molar-refractivity contribution in [1.82, 2.24) is 0 Å². The number of carbonyl (C=O) groups is 1. The van der Waals surface area contributed by atoms with Crippen molar-refractivity contribution in [2.75, 3.05) is 6.61 Å². The van der Waals surface area contributed by atoms with Crippen LogP contribution >= 0.6 is 0 Å². The van der Waals surface area contributed by atoms with Crippen LogP contribution in [0.15, 0.2) is 12.2 Å². The van der Waals surface area contributed by atoms with Crippen LogP contribution in [0.5, 0.6) is 0 Å². The third-order valence-electron chi connectivity index (χ3n) is 10.4. The minimum atomic E-state index is -2.14. The van der Waals surface area contributed by atoms with Crippen molar-refractivity contribution in [2.24, 2.45) is 11.7 Å². The average Bonchev–Trinajstić information content (AvgIpc) is 2.84. The van der Waals surface area contributed by atoms with Gasteiger partial charge in [-0.2, -0.15) is 0 Å². The molecule has 0 aromatic rings. The average molecular weight is 630 g/mol. The zero-order valence-electron chi connectivity index (χ0n) is 28.9. The zero-order valence-corrected chi connectivity index (χ0v) is 30.9. The molecule has 0 bridgehead atoms. The van der Waals surface area contributed by atoms with E-state index >= 15 is 0 Å². The van der Waals surface area contributed by atoms with Crippen molar-refractivity contribution in [2.45, 2.75) is 173 Å². The maximum absolute atomic E-state index is 12.1. The van der Waals surface area contributed by atoms with Gasteiger partial charge in [0.1, 0.15) is 12.2 Å². The van der Waals surface area contributed by atoms with Crippen molar-refractivity contribution in [3.05, 3.63) is 12.2 Å². The Bertz CT molecular complexity index is 914. The number of fused-ring (bicyclic) bond motifs is 1. The third-order valence-corrected chi connectivity index (χ3v) is 19.4. The molecule has 2 fully saturated rings. The van der Waals surface area contributed by atoms with Crippen LogP contribution in [0, 0.1) is 5.92 Å². The van der Waals surface area contributed by atoms with E-state index in [2.05, 4.69) is 81.2 Å². The molecular weight excluding hydrogens is 567 g/mol. The largest absolute Gasteiger partial charge is 0.458 e. The van der Waals surface area contributed by atoms with Gasteiger partial charge in [-0.3, -0.25) is 4.79 Å². The number of esters is 1. The molecule has 4 unspecified atom stereocenters. The normalized spacial score (nSPS) is 30.8. The van der Waals surface area contributed by atoms with E-state index in [4.69, 9.17) is 28.8 Å². The van der Waals surface area contributed by atoms with Gasteiger partial charge in [-0.15, -0.1) is 0 Å². The van der Waals surface area contributed by atoms with Crippen molar-refractivity contribution < 1.29 is 33.0 Å². The molecule has 3 N–H and O–H groups in total. The fourth-order valence-corrected chi connectivity index (χ4v) is 7.60. The second-order valence-corrected chi connectivity index (χ2v) is 25.3. The highest BCUT2D eigenvalue weighted by molar-refractivity contribution is 6.74. The van der Waals surface area contributed by atoms with Gasteiger partial charge in [-0.05, 0) is 60.6 Å². The quantitative estimate of drug-likeness (QED) is 0.147. The van der Waals surface area contributed by atoms with Gasteiger partial charge in [0.15, 0.2) is 16.6 Å². The van der Waals surface area contributed by atoms with Crippen LogP contribution in [0.25, 0.3) is 0 Å². The predicted octanol–water partition coefficient (Wildman–Crippen LogP) is 6.33. The van der Waals surface area contributed by atoms with E-state index in [1.807, 2.05) is 6.92 Å². The van der Waals surface area contributed by atoms with E-state index in [9.17, 15) is 9.90 Å². The Morgan fingerprint density at radius 1 is 1.05 bits per heavy atom. The molecular formula is C32H63NO7Si2. The first-order chi connectivity index (χ1) is 19.0. The first-order valence-corrected chi connectivity index (χ1v) is 21.8. The Morgan fingerprint density at radius 3 is 2.12 bits per heavy atom. The molecule has 2 rings (SSSR count). The SMILES string of the molecule is C=C(C(O)C[C@@H]1O[C@H]2CC(O[Si](C)(C)C(C)(C)C)C(CCO[Si](C)(C)C(C)(C)C)O[C@H]2[C@H](N)C1OC(C)=O)[C@H](C)CC. The molecule has 9 atom stereocenters. The van der Waals surface area contributed by atoms with Gasteiger partial charge in [-0.25, -0.2) is 0 Å². The van der Waals surface area contributed by atoms with Gasteiger partial charge >= 0.3 is 5.97 Å². The molecule has 0 amide bonds. The highest BCUT2D eigenvalue weighted by Crippen LogP contribution is 2.43. The summed E-state index contributed by atoms with van der Waals surface area (Å²) >= 11 is 0. The highest BCUT2D eigenvalue weighted by Gasteiger charge is 2.53. The molecule has 2 aliphatic heterocycles. The Hall–Kier alpha value is -0.596. The van der Waals surface area contributed by atoms with Gasteiger partial charge in [0.2, 0.25) is 0 Å². The van der Waals surface area contributed by atoms with E-state index in [0.717, 1.165) is 12.0 Å².